The molecule has 30 heavy (non-hydrogen) atoms. The lowest BCUT2D eigenvalue weighted by Crippen LogP contribution is -2.37. The number of alkyl halides is 3. The summed E-state index contributed by atoms with van der Waals surface area (Å²) in [5.41, 5.74) is -0.306. The van der Waals surface area contributed by atoms with Crippen LogP contribution in [0.1, 0.15) is 28.8 Å². The van der Waals surface area contributed by atoms with E-state index in [1.165, 1.54) is 35.5 Å². The fourth-order valence-corrected chi connectivity index (χ4v) is 4.41. The Bertz CT molecular complexity index is 1060. The number of benzene rings is 2. The minimum Gasteiger partial charge on any atom is -0.494 e. The van der Waals surface area contributed by atoms with E-state index in [9.17, 15) is 18.0 Å². The Morgan fingerprint density at radius 3 is 2.80 bits per heavy atom. The van der Waals surface area contributed by atoms with Crippen molar-refractivity contribution in [3.8, 4) is 5.75 Å². The predicted molar refractivity (Wildman–Crippen MR) is 108 cm³/mol. The third kappa shape index (κ3) is 4.13. The zero-order chi connectivity index (χ0) is 21.3. The predicted octanol–water partition coefficient (Wildman–Crippen LogP) is 5.15. The molecule has 0 spiro atoms. The number of hydrogen-bond donors (Lipinski definition) is 0. The minimum absolute atomic E-state index is 0.0472. The van der Waals surface area contributed by atoms with Crippen molar-refractivity contribution in [1.82, 2.24) is 4.98 Å². The zero-order valence-electron chi connectivity index (χ0n) is 16.1. The van der Waals surface area contributed by atoms with Gasteiger partial charge >= 0.3 is 6.18 Å². The lowest BCUT2D eigenvalue weighted by atomic mass is 10.1. The van der Waals surface area contributed by atoms with Crippen LogP contribution in [0, 0.1) is 0 Å². The Morgan fingerprint density at radius 2 is 2.10 bits per heavy atom. The second-order valence-corrected chi connectivity index (χ2v) is 7.94. The molecule has 158 valence electrons. The maximum absolute atomic E-state index is 13.3. The number of amides is 1. The van der Waals surface area contributed by atoms with Crippen molar-refractivity contribution < 1.29 is 27.4 Å². The van der Waals surface area contributed by atoms with E-state index >= 15 is 0 Å². The van der Waals surface area contributed by atoms with E-state index < -0.39 is 17.6 Å². The van der Waals surface area contributed by atoms with Gasteiger partial charge in [-0.3, -0.25) is 9.69 Å². The molecule has 0 aliphatic carbocycles. The van der Waals surface area contributed by atoms with E-state index in [-0.39, 0.29) is 18.2 Å². The summed E-state index contributed by atoms with van der Waals surface area (Å²) in [6.45, 7) is 0.821. The number of rotatable bonds is 5. The van der Waals surface area contributed by atoms with Crippen LogP contribution in [0.15, 0.2) is 42.5 Å². The van der Waals surface area contributed by atoms with Gasteiger partial charge in [0, 0.05) is 12.2 Å². The Labute approximate surface area is 175 Å². The number of anilines is 1. The van der Waals surface area contributed by atoms with Crippen molar-refractivity contribution >= 4 is 32.6 Å². The van der Waals surface area contributed by atoms with Crippen molar-refractivity contribution in [2.24, 2.45) is 0 Å². The Hall–Kier alpha value is -2.65. The van der Waals surface area contributed by atoms with Gasteiger partial charge in [0.05, 0.1) is 30.0 Å². The molecule has 0 N–H and O–H groups in total. The second-order valence-electron chi connectivity index (χ2n) is 6.93. The van der Waals surface area contributed by atoms with E-state index in [2.05, 4.69) is 4.98 Å². The van der Waals surface area contributed by atoms with Gasteiger partial charge in [0.25, 0.3) is 5.91 Å². The average Bonchev–Trinajstić information content (AvgIpc) is 3.40. The molecule has 5 nitrogen and oxygen atoms in total. The summed E-state index contributed by atoms with van der Waals surface area (Å²) in [6.07, 6.45) is -3.06. The molecule has 0 bridgehead atoms. The van der Waals surface area contributed by atoms with Gasteiger partial charge in [0.15, 0.2) is 5.13 Å². The van der Waals surface area contributed by atoms with Crippen LogP contribution in [0.3, 0.4) is 0 Å². The topological polar surface area (TPSA) is 51.7 Å². The molecule has 1 aromatic heterocycles. The minimum atomic E-state index is -4.53. The Balaban J connectivity index is 1.74. The highest BCUT2D eigenvalue weighted by Crippen LogP contribution is 2.36. The highest BCUT2D eigenvalue weighted by atomic mass is 32.1. The maximum atomic E-state index is 13.3. The summed E-state index contributed by atoms with van der Waals surface area (Å²) in [5.74, 6) is 0.0215. The molecule has 4 rings (SSSR count). The number of para-hydroxylation sites is 1. The molecule has 2 aromatic carbocycles. The van der Waals surface area contributed by atoms with E-state index in [1.54, 1.807) is 6.07 Å². The smallest absolute Gasteiger partial charge is 0.416 e. The largest absolute Gasteiger partial charge is 0.494 e. The Morgan fingerprint density at radius 1 is 1.30 bits per heavy atom. The molecule has 3 aromatic rings. The summed E-state index contributed by atoms with van der Waals surface area (Å²) >= 11 is 1.29. The van der Waals surface area contributed by atoms with Crippen LogP contribution in [0.2, 0.25) is 0 Å². The number of halogens is 3. The van der Waals surface area contributed by atoms with Gasteiger partial charge < -0.3 is 9.47 Å². The molecule has 0 radical (unpaired) electrons. The van der Waals surface area contributed by atoms with E-state index in [4.69, 9.17) is 9.47 Å². The third-order valence-electron chi connectivity index (χ3n) is 4.91. The number of methoxy groups -OCH3 is 1. The van der Waals surface area contributed by atoms with Crippen LogP contribution >= 0.6 is 11.3 Å². The van der Waals surface area contributed by atoms with Crippen molar-refractivity contribution in [2.75, 3.05) is 25.2 Å². The van der Waals surface area contributed by atoms with Crippen molar-refractivity contribution in [2.45, 2.75) is 25.1 Å². The number of fused-ring (bicyclic) bond motifs is 1. The molecule has 1 unspecified atom stereocenters. The van der Waals surface area contributed by atoms with Gasteiger partial charge in [-0.2, -0.15) is 13.2 Å². The Kier molecular flexibility index (Phi) is 5.66. The molecule has 1 saturated heterocycles. The molecule has 9 heteroatoms. The molecular weight excluding hydrogens is 417 g/mol. The quantitative estimate of drug-likeness (QED) is 0.555. The van der Waals surface area contributed by atoms with Gasteiger partial charge in [0.2, 0.25) is 0 Å². The average molecular weight is 436 g/mol. The third-order valence-corrected chi connectivity index (χ3v) is 5.96. The highest BCUT2D eigenvalue weighted by Gasteiger charge is 2.32. The lowest BCUT2D eigenvalue weighted by molar-refractivity contribution is -0.137. The monoisotopic (exact) mass is 436 g/mol. The van der Waals surface area contributed by atoms with Crippen LogP contribution in [-0.4, -0.2) is 37.3 Å². The molecular formula is C21H19F3N2O3S. The standard InChI is InChI=1S/C21H19F3N2O3S/c1-28-16-8-3-9-17-18(16)25-20(30-17)26(12-15-7-4-10-29-15)19(27)13-5-2-6-14(11-13)21(22,23)24/h2-3,5-6,8-9,11,15H,4,7,10,12H2,1H3. The van der Waals surface area contributed by atoms with Crippen LogP contribution in [0.4, 0.5) is 18.3 Å². The fourth-order valence-electron chi connectivity index (χ4n) is 3.42. The summed E-state index contributed by atoms with van der Waals surface area (Å²) in [6, 6.07) is 9.89. The van der Waals surface area contributed by atoms with Crippen molar-refractivity contribution in [1.29, 1.82) is 0 Å². The highest BCUT2D eigenvalue weighted by molar-refractivity contribution is 7.22. The summed E-state index contributed by atoms with van der Waals surface area (Å²) in [4.78, 5) is 19.3. The van der Waals surface area contributed by atoms with Gasteiger partial charge in [-0.1, -0.05) is 23.5 Å². The first-order valence-corrected chi connectivity index (χ1v) is 10.2. The molecule has 1 fully saturated rings. The number of carbonyl (C=O) groups excluding carboxylic acids is 1. The number of ether oxygens (including phenoxy) is 2. The van der Waals surface area contributed by atoms with Crippen LogP contribution in [0.25, 0.3) is 10.2 Å². The van der Waals surface area contributed by atoms with Crippen LogP contribution < -0.4 is 9.64 Å². The summed E-state index contributed by atoms with van der Waals surface area (Å²) in [5, 5.41) is 0.396. The maximum Gasteiger partial charge on any atom is 0.416 e. The first-order chi connectivity index (χ1) is 14.4. The van der Waals surface area contributed by atoms with Crippen molar-refractivity contribution in [3.05, 3.63) is 53.6 Å². The number of hydrogen-bond acceptors (Lipinski definition) is 5. The molecule has 1 aliphatic rings. The zero-order valence-corrected chi connectivity index (χ0v) is 16.9. The number of carbonyl (C=O) groups is 1. The van der Waals surface area contributed by atoms with Crippen LogP contribution in [0.5, 0.6) is 5.75 Å². The molecule has 1 amide bonds. The lowest BCUT2D eigenvalue weighted by Gasteiger charge is -2.23. The SMILES string of the molecule is COc1cccc2sc(N(CC3CCCO3)C(=O)c3cccc(C(F)(F)F)c3)nc12. The fraction of sp³-hybridized carbons (Fsp3) is 0.333. The first-order valence-electron chi connectivity index (χ1n) is 9.41. The van der Waals surface area contributed by atoms with Gasteiger partial charge in [-0.25, -0.2) is 4.98 Å². The number of thiazole rings is 1. The van der Waals surface area contributed by atoms with Crippen LogP contribution in [-0.2, 0) is 10.9 Å². The van der Waals surface area contributed by atoms with Crippen molar-refractivity contribution in [3.63, 3.8) is 0 Å². The van der Waals surface area contributed by atoms with E-state index in [0.29, 0.717) is 23.0 Å². The molecule has 1 atom stereocenters. The van der Waals surface area contributed by atoms with Gasteiger partial charge in [0.1, 0.15) is 11.3 Å². The molecule has 2 heterocycles. The molecule has 0 saturated carbocycles. The van der Waals surface area contributed by atoms with E-state index in [1.807, 2.05) is 12.1 Å². The summed E-state index contributed by atoms with van der Waals surface area (Å²) in [7, 11) is 1.53. The van der Waals surface area contributed by atoms with Gasteiger partial charge in [-0.15, -0.1) is 0 Å². The molecule has 1 aliphatic heterocycles. The number of aromatic nitrogens is 1. The first kappa shape index (κ1) is 20.6. The summed E-state index contributed by atoms with van der Waals surface area (Å²) < 4.78 is 51.2. The number of nitrogens with zero attached hydrogens (tertiary/aromatic N) is 2. The van der Waals surface area contributed by atoms with Gasteiger partial charge in [-0.05, 0) is 43.2 Å². The second kappa shape index (κ2) is 8.23. The normalized spacial score (nSPS) is 16.7. The van der Waals surface area contributed by atoms with E-state index in [0.717, 1.165) is 29.7 Å².